The molecule has 0 heterocycles. The molecule has 0 rings (SSSR count). The van der Waals surface area contributed by atoms with Crippen molar-refractivity contribution in [3.8, 4) is 0 Å². The van der Waals surface area contributed by atoms with Crippen LogP contribution in [-0.4, -0.2) is 37.6 Å². The molecule has 0 aromatic carbocycles. The molecule has 0 saturated heterocycles. The molecule has 0 saturated carbocycles. The van der Waals surface area contributed by atoms with E-state index >= 15 is 0 Å². The van der Waals surface area contributed by atoms with E-state index in [2.05, 4.69) is 31.0 Å². The van der Waals surface area contributed by atoms with Crippen molar-refractivity contribution < 1.29 is 0 Å². The molecular formula is C10H24N2. The monoisotopic (exact) mass is 172 g/mol. The summed E-state index contributed by atoms with van der Waals surface area (Å²) in [6, 6.07) is 0.614. The lowest BCUT2D eigenvalue weighted by atomic mass is 10.3. The van der Waals surface area contributed by atoms with Crippen molar-refractivity contribution in [2.45, 2.75) is 39.7 Å². The molecule has 0 aromatic heterocycles. The predicted molar refractivity (Wildman–Crippen MR) is 55.5 cm³/mol. The average molecular weight is 172 g/mol. The SMILES string of the molecule is CCCN(CCC)CC(C)NC. The van der Waals surface area contributed by atoms with Gasteiger partial charge in [-0.1, -0.05) is 13.8 Å². The van der Waals surface area contributed by atoms with E-state index in [4.69, 9.17) is 0 Å². The standard InChI is InChI=1S/C10H24N2/c1-5-7-12(8-6-2)9-10(3)11-4/h10-11H,5-9H2,1-4H3. The Kier molecular flexibility index (Phi) is 7.51. The summed E-state index contributed by atoms with van der Waals surface area (Å²) in [6.45, 7) is 10.4. The molecule has 12 heavy (non-hydrogen) atoms. The number of hydrogen-bond donors (Lipinski definition) is 1. The second-order valence-electron chi connectivity index (χ2n) is 3.49. The molecule has 0 amide bonds. The van der Waals surface area contributed by atoms with Gasteiger partial charge in [-0.05, 0) is 39.9 Å². The number of nitrogens with one attached hydrogen (secondary N) is 1. The van der Waals surface area contributed by atoms with Gasteiger partial charge < -0.3 is 10.2 Å². The van der Waals surface area contributed by atoms with Gasteiger partial charge in [0, 0.05) is 12.6 Å². The van der Waals surface area contributed by atoms with Crippen LogP contribution in [0.3, 0.4) is 0 Å². The van der Waals surface area contributed by atoms with E-state index in [1.54, 1.807) is 0 Å². The molecule has 0 spiro atoms. The molecule has 1 unspecified atom stereocenters. The molecule has 0 aromatic rings. The summed E-state index contributed by atoms with van der Waals surface area (Å²) in [5.41, 5.74) is 0. The van der Waals surface area contributed by atoms with Crippen LogP contribution in [0.5, 0.6) is 0 Å². The van der Waals surface area contributed by atoms with Gasteiger partial charge in [-0.15, -0.1) is 0 Å². The van der Waals surface area contributed by atoms with Crippen LogP contribution in [0.15, 0.2) is 0 Å². The number of hydrogen-bond acceptors (Lipinski definition) is 2. The zero-order valence-corrected chi connectivity index (χ0v) is 9.06. The van der Waals surface area contributed by atoms with Gasteiger partial charge in [-0.2, -0.15) is 0 Å². The van der Waals surface area contributed by atoms with Crippen LogP contribution in [0.1, 0.15) is 33.6 Å². The highest BCUT2D eigenvalue weighted by Crippen LogP contribution is 1.95. The minimum Gasteiger partial charge on any atom is -0.316 e. The minimum atomic E-state index is 0.614. The Morgan fingerprint density at radius 2 is 1.67 bits per heavy atom. The van der Waals surface area contributed by atoms with Crippen LogP contribution in [0, 0.1) is 0 Å². The number of rotatable bonds is 7. The highest BCUT2D eigenvalue weighted by atomic mass is 15.1. The largest absolute Gasteiger partial charge is 0.316 e. The zero-order chi connectivity index (χ0) is 9.40. The predicted octanol–water partition coefficient (Wildman–Crippen LogP) is 1.72. The van der Waals surface area contributed by atoms with Crippen molar-refractivity contribution in [1.29, 1.82) is 0 Å². The van der Waals surface area contributed by atoms with Gasteiger partial charge in [0.25, 0.3) is 0 Å². The topological polar surface area (TPSA) is 15.3 Å². The lowest BCUT2D eigenvalue weighted by Crippen LogP contribution is -2.38. The van der Waals surface area contributed by atoms with Gasteiger partial charge >= 0.3 is 0 Å². The first-order valence-electron chi connectivity index (χ1n) is 5.14. The third-order valence-electron chi connectivity index (χ3n) is 2.10. The lowest BCUT2D eigenvalue weighted by molar-refractivity contribution is 0.252. The second-order valence-corrected chi connectivity index (χ2v) is 3.49. The van der Waals surface area contributed by atoms with Gasteiger partial charge in [0.15, 0.2) is 0 Å². The van der Waals surface area contributed by atoms with Crippen LogP contribution in [-0.2, 0) is 0 Å². The van der Waals surface area contributed by atoms with Crippen molar-refractivity contribution in [3.63, 3.8) is 0 Å². The van der Waals surface area contributed by atoms with Gasteiger partial charge in [0.1, 0.15) is 0 Å². The van der Waals surface area contributed by atoms with Gasteiger partial charge in [-0.3, -0.25) is 0 Å². The molecule has 0 aliphatic heterocycles. The lowest BCUT2D eigenvalue weighted by Gasteiger charge is -2.24. The van der Waals surface area contributed by atoms with Crippen LogP contribution in [0.25, 0.3) is 0 Å². The first-order chi connectivity index (χ1) is 5.74. The fourth-order valence-corrected chi connectivity index (χ4v) is 1.41. The average Bonchev–Trinajstić information content (AvgIpc) is 2.05. The van der Waals surface area contributed by atoms with Crippen LogP contribution < -0.4 is 5.32 Å². The summed E-state index contributed by atoms with van der Waals surface area (Å²) in [5.74, 6) is 0. The van der Waals surface area contributed by atoms with E-state index < -0.39 is 0 Å². The zero-order valence-electron chi connectivity index (χ0n) is 9.06. The van der Waals surface area contributed by atoms with E-state index in [0.29, 0.717) is 6.04 Å². The van der Waals surface area contributed by atoms with E-state index in [-0.39, 0.29) is 0 Å². The molecule has 2 heteroatoms. The molecule has 1 atom stereocenters. The summed E-state index contributed by atoms with van der Waals surface area (Å²) in [4.78, 5) is 2.53. The maximum atomic E-state index is 3.27. The Morgan fingerprint density at radius 3 is 2.00 bits per heavy atom. The minimum absolute atomic E-state index is 0.614. The van der Waals surface area contributed by atoms with E-state index in [1.165, 1.54) is 32.5 Å². The van der Waals surface area contributed by atoms with Gasteiger partial charge in [-0.25, -0.2) is 0 Å². The highest BCUT2D eigenvalue weighted by molar-refractivity contribution is 4.65. The Bertz CT molecular complexity index is 87.8. The first-order valence-corrected chi connectivity index (χ1v) is 5.14. The summed E-state index contributed by atoms with van der Waals surface area (Å²) in [5, 5.41) is 3.27. The van der Waals surface area contributed by atoms with Crippen LogP contribution in [0.4, 0.5) is 0 Å². The van der Waals surface area contributed by atoms with Crippen molar-refractivity contribution in [3.05, 3.63) is 0 Å². The summed E-state index contributed by atoms with van der Waals surface area (Å²) in [6.07, 6.45) is 2.52. The molecule has 0 bridgehead atoms. The molecule has 0 aliphatic rings. The Labute approximate surface area is 77.3 Å². The normalized spacial score (nSPS) is 13.8. The molecule has 0 aliphatic carbocycles. The quantitative estimate of drug-likeness (QED) is 0.629. The molecule has 74 valence electrons. The van der Waals surface area contributed by atoms with Crippen LogP contribution >= 0.6 is 0 Å². The maximum Gasteiger partial charge on any atom is 0.0163 e. The Hall–Kier alpha value is -0.0800. The smallest absolute Gasteiger partial charge is 0.0163 e. The van der Waals surface area contributed by atoms with Crippen molar-refractivity contribution in [1.82, 2.24) is 10.2 Å². The molecule has 1 N–H and O–H groups in total. The van der Waals surface area contributed by atoms with Gasteiger partial charge in [0.05, 0.1) is 0 Å². The molecule has 2 nitrogen and oxygen atoms in total. The molecule has 0 fully saturated rings. The molecule has 0 radical (unpaired) electrons. The third kappa shape index (κ3) is 5.56. The Morgan fingerprint density at radius 1 is 1.17 bits per heavy atom. The Balaban J connectivity index is 3.61. The second kappa shape index (κ2) is 7.56. The number of nitrogens with zero attached hydrogens (tertiary/aromatic N) is 1. The number of likely N-dealkylation sites (N-methyl/N-ethyl adjacent to an activating group) is 1. The fraction of sp³-hybridized carbons (Fsp3) is 1.00. The first kappa shape index (κ1) is 11.9. The highest BCUT2D eigenvalue weighted by Gasteiger charge is 2.05. The summed E-state index contributed by atoms with van der Waals surface area (Å²) < 4.78 is 0. The van der Waals surface area contributed by atoms with Crippen molar-refractivity contribution >= 4 is 0 Å². The van der Waals surface area contributed by atoms with E-state index in [0.717, 1.165) is 0 Å². The van der Waals surface area contributed by atoms with Gasteiger partial charge in [0.2, 0.25) is 0 Å². The van der Waals surface area contributed by atoms with Crippen molar-refractivity contribution in [2.75, 3.05) is 26.7 Å². The third-order valence-corrected chi connectivity index (χ3v) is 2.10. The van der Waals surface area contributed by atoms with Crippen molar-refractivity contribution in [2.24, 2.45) is 0 Å². The van der Waals surface area contributed by atoms with E-state index in [9.17, 15) is 0 Å². The molecular weight excluding hydrogens is 148 g/mol. The van der Waals surface area contributed by atoms with Crippen LogP contribution in [0.2, 0.25) is 0 Å². The fourth-order valence-electron chi connectivity index (χ4n) is 1.41. The maximum absolute atomic E-state index is 3.27. The summed E-state index contributed by atoms with van der Waals surface area (Å²) in [7, 11) is 2.03. The summed E-state index contributed by atoms with van der Waals surface area (Å²) >= 11 is 0. The van der Waals surface area contributed by atoms with E-state index in [1.807, 2.05) is 7.05 Å².